The van der Waals surface area contributed by atoms with Gasteiger partial charge < -0.3 is 15.0 Å². The first-order valence-electron chi connectivity index (χ1n) is 11.5. The molecule has 0 spiro atoms. The number of carbonyl (C=O) groups excluding carboxylic acids is 1. The Labute approximate surface area is 212 Å². The molecule has 1 aromatic carbocycles. The predicted molar refractivity (Wildman–Crippen MR) is 136 cm³/mol. The molecule has 178 valence electrons. The summed E-state index contributed by atoms with van der Waals surface area (Å²) in [5, 5.41) is 5.52. The normalized spacial score (nSPS) is 16.5. The lowest BCUT2D eigenvalue weighted by Gasteiger charge is -2.30. The Balaban J connectivity index is 1.47. The van der Waals surface area contributed by atoms with Gasteiger partial charge in [-0.2, -0.15) is 0 Å². The maximum Gasteiger partial charge on any atom is 0.409 e. The number of carbonyl (C=O) groups is 1. The van der Waals surface area contributed by atoms with Crippen LogP contribution in [-0.2, 0) is 4.74 Å². The lowest BCUT2D eigenvalue weighted by Crippen LogP contribution is -2.38. The van der Waals surface area contributed by atoms with Crippen molar-refractivity contribution < 1.29 is 9.53 Å². The van der Waals surface area contributed by atoms with Crippen LogP contribution in [0.3, 0.4) is 0 Å². The van der Waals surface area contributed by atoms with Crippen LogP contribution in [0.2, 0.25) is 10.0 Å². The van der Waals surface area contributed by atoms with Crippen molar-refractivity contribution in [3.63, 3.8) is 0 Å². The van der Waals surface area contributed by atoms with Gasteiger partial charge >= 0.3 is 6.09 Å². The third kappa shape index (κ3) is 5.14. The van der Waals surface area contributed by atoms with Crippen molar-refractivity contribution in [3.05, 3.63) is 45.5 Å². The highest BCUT2D eigenvalue weighted by Crippen LogP contribution is 2.43. The smallest absolute Gasteiger partial charge is 0.409 e. The summed E-state index contributed by atoms with van der Waals surface area (Å²) in [5.74, 6) is 0.881. The van der Waals surface area contributed by atoms with Crippen LogP contribution in [-0.4, -0.2) is 51.7 Å². The summed E-state index contributed by atoms with van der Waals surface area (Å²) in [5.41, 5.74) is 2.43. The Bertz CT molecular complexity index is 1190. The number of aromatic nitrogens is 3. The second-order valence-corrected chi connectivity index (χ2v) is 10.4. The number of piperidine rings is 1. The molecule has 1 aliphatic carbocycles. The van der Waals surface area contributed by atoms with Crippen LogP contribution in [0.15, 0.2) is 30.5 Å². The van der Waals surface area contributed by atoms with Crippen molar-refractivity contribution in [2.24, 2.45) is 0 Å². The number of likely N-dealkylation sites (tertiary alicyclic amines) is 1. The first-order valence-corrected chi connectivity index (χ1v) is 13.1. The van der Waals surface area contributed by atoms with Crippen molar-refractivity contribution >= 4 is 46.6 Å². The van der Waals surface area contributed by atoms with Gasteiger partial charge in [-0.05, 0) is 56.9 Å². The highest BCUT2D eigenvalue weighted by Gasteiger charge is 2.29. The number of rotatable bonds is 6. The molecule has 2 aromatic heterocycles. The molecule has 10 heteroatoms. The number of amides is 1. The minimum atomic E-state index is -0.244. The van der Waals surface area contributed by atoms with Gasteiger partial charge in [0.25, 0.3) is 0 Å². The first-order chi connectivity index (χ1) is 16.5. The molecule has 0 bridgehead atoms. The van der Waals surface area contributed by atoms with Crippen LogP contribution < -0.4 is 5.32 Å². The van der Waals surface area contributed by atoms with Crippen molar-refractivity contribution in [2.45, 2.75) is 44.6 Å². The van der Waals surface area contributed by atoms with Gasteiger partial charge in [0, 0.05) is 41.8 Å². The maximum atomic E-state index is 12.1. The fraction of sp³-hybridized carbons (Fsp3) is 0.417. The number of ether oxygens (including phenoxy) is 1. The molecule has 0 unspecified atom stereocenters. The van der Waals surface area contributed by atoms with E-state index in [1.807, 2.05) is 25.1 Å². The van der Waals surface area contributed by atoms with E-state index in [2.05, 4.69) is 10.3 Å². The standard InChI is InChI=1S/C24H25Cl2N5O2S/c1-2-33-24(32)31-11-8-14(9-12-31)22-30-20(17-6-3-15(25)13-18(17)26)21(34-22)19-7-10-27-23(29-19)28-16-4-5-16/h3,6-7,10,13-14,16H,2,4-5,8-9,11-12H2,1H3,(H,27,28,29). The molecule has 0 radical (unpaired) electrons. The van der Waals surface area contributed by atoms with Gasteiger partial charge in [0.05, 0.1) is 32.9 Å². The lowest BCUT2D eigenvalue weighted by molar-refractivity contribution is 0.0970. The van der Waals surface area contributed by atoms with Crippen molar-refractivity contribution in [1.82, 2.24) is 19.9 Å². The van der Waals surface area contributed by atoms with E-state index in [0.717, 1.165) is 52.5 Å². The number of thiazole rings is 1. The van der Waals surface area contributed by atoms with E-state index in [4.69, 9.17) is 37.9 Å². The van der Waals surface area contributed by atoms with E-state index in [1.54, 1.807) is 28.5 Å². The molecular weight excluding hydrogens is 493 g/mol. The zero-order valence-corrected chi connectivity index (χ0v) is 21.1. The number of nitrogens with one attached hydrogen (secondary N) is 1. The molecule has 1 amide bonds. The van der Waals surface area contributed by atoms with Gasteiger partial charge in [-0.25, -0.2) is 19.7 Å². The largest absolute Gasteiger partial charge is 0.450 e. The zero-order valence-electron chi connectivity index (χ0n) is 18.8. The fourth-order valence-corrected chi connectivity index (χ4v) is 5.75. The quantitative estimate of drug-likeness (QED) is 0.402. The third-order valence-corrected chi connectivity index (χ3v) is 7.79. The topological polar surface area (TPSA) is 80.2 Å². The van der Waals surface area contributed by atoms with Crippen LogP contribution >= 0.6 is 34.5 Å². The molecule has 7 nitrogen and oxygen atoms in total. The number of halogens is 2. The van der Waals surface area contributed by atoms with Crippen LogP contribution in [0, 0.1) is 0 Å². The zero-order chi connectivity index (χ0) is 23.7. The summed E-state index contributed by atoms with van der Waals surface area (Å²) in [6.07, 6.45) is 5.49. The van der Waals surface area contributed by atoms with Crippen LogP contribution in [0.5, 0.6) is 0 Å². The summed E-state index contributed by atoms with van der Waals surface area (Å²) in [4.78, 5) is 29.0. The van der Waals surface area contributed by atoms with Gasteiger partial charge in [0.2, 0.25) is 5.95 Å². The molecule has 1 saturated heterocycles. The Morgan fingerprint density at radius 2 is 1.97 bits per heavy atom. The number of benzene rings is 1. The molecule has 1 aliphatic heterocycles. The summed E-state index contributed by atoms with van der Waals surface area (Å²) in [7, 11) is 0. The maximum absolute atomic E-state index is 12.1. The van der Waals surface area contributed by atoms with Crippen LogP contribution in [0.4, 0.5) is 10.7 Å². The Morgan fingerprint density at radius 1 is 1.18 bits per heavy atom. The molecule has 3 aromatic rings. The Morgan fingerprint density at radius 3 is 2.68 bits per heavy atom. The summed E-state index contributed by atoms with van der Waals surface area (Å²) < 4.78 is 5.16. The summed E-state index contributed by atoms with van der Waals surface area (Å²) in [6, 6.07) is 7.83. The van der Waals surface area contributed by atoms with Crippen molar-refractivity contribution in [3.8, 4) is 21.8 Å². The van der Waals surface area contributed by atoms with E-state index < -0.39 is 0 Å². The predicted octanol–water partition coefficient (Wildman–Crippen LogP) is 6.48. The lowest BCUT2D eigenvalue weighted by atomic mass is 9.98. The SMILES string of the molecule is CCOC(=O)N1CCC(c2nc(-c3ccc(Cl)cc3Cl)c(-c3ccnc(NC4CC4)n3)s2)CC1. The van der Waals surface area contributed by atoms with E-state index >= 15 is 0 Å². The average molecular weight is 518 g/mol. The molecule has 0 atom stereocenters. The van der Waals surface area contributed by atoms with E-state index in [0.29, 0.717) is 41.7 Å². The van der Waals surface area contributed by atoms with E-state index in [9.17, 15) is 4.79 Å². The van der Waals surface area contributed by atoms with Gasteiger partial charge in [-0.3, -0.25) is 0 Å². The number of nitrogens with zero attached hydrogens (tertiary/aromatic N) is 4. The molecular formula is C24H25Cl2N5O2S. The second kappa shape index (κ2) is 10.1. The highest BCUT2D eigenvalue weighted by molar-refractivity contribution is 7.15. The number of anilines is 1. The van der Waals surface area contributed by atoms with Crippen molar-refractivity contribution in [1.29, 1.82) is 0 Å². The summed E-state index contributed by atoms with van der Waals surface area (Å²) >= 11 is 14.4. The Kier molecular flexibility index (Phi) is 6.90. The minimum absolute atomic E-state index is 0.244. The van der Waals surface area contributed by atoms with E-state index in [1.165, 1.54) is 0 Å². The van der Waals surface area contributed by atoms with Crippen LogP contribution in [0.25, 0.3) is 21.8 Å². The highest BCUT2D eigenvalue weighted by atomic mass is 35.5. The van der Waals surface area contributed by atoms with Gasteiger partial charge in [-0.1, -0.05) is 23.2 Å². The van der Waals surface area contributed by atoms with Crippen LogP contribution in [0.1, 0.15) is 43.5 Å². The fourth-order valence-electron chi connectivity index (χ4n) is 4.04. The second-order valence-electron chi connectivity index (χ2n) is 8.50. The Hall–Kier alpha value is -2.42. The average Bonchev–Trinajstić information content (AvgIpc) is 3.54. The monoisotopic (exact) mass is 517 g/mol. The molecule has 34 heavy (non-hydrogen) atoms. The van der Waals surface area contributed by atoms with Gasteiger partial charge in [0.1, 0.15) is 0 Å². The minimum Gasteiger partial charge on any atom is -0.450 e. The van der Waals surface area contributed by atoms with Gasteiger partial charge in [-0.15, -0.1) is 11.3 Å². The molecule has 2 aliphatic rings. The van der Waals surface area contributed by atoms with Crippen molar-refractivity contribution in [2.75, 3.05) is 25.0 Å². The summed E-state index contributed by atoms with van der Waals surface area (Å²) in [6.45, 7) is 3.51. The third-order valence-electron chi connectivity index (χ3n) is 6.00. The molecule has 5 rings (SSSR count). The molecule has 2 fully saturated rings. The molecule has 3 heterocycles. The van der Waals surface area contributed by atoms with E-state index in [-0.39, 0.29) is 12.0 Å². The number of hydrogen-bond donors (Lipinski definition) is 1. The first kappa shape index (κ1) is 23.3. The van der Waals surface area contributed by atoms with Gasteiger partial charge in [0.15, 0.2) is 0 Å². The molecule has 1 N–H and O–H groups in total. The molecule has 1 saturated carbocycles. The number of hydrogen-bond acceptors (Lipinski definition) is 7.